The maximum atomic E-state index is 12.7. The fourth-order valence-corrected chi connectivity index (χ4v) is 1.98. The van der Waals surface area contributed by atoms with Crippen molar-refractivity contribution in [1.82, 2.24) is 9.97 Å². The molecule has 0 saturated carbocycles. The van der Waals surface area contributed by atoms with E-state index in [-0.39, 0.29) is 0 Å². The predicted octanol–water partition coefficient (Wildman–Crippen LogP) is 4.44. The van der Waals surface area contributed by atoms with Crippen molar-refractivity contribution in [3.05, 3.63) is 45.9 Å². The quantitative estimate of drug-likeness (QED) is 0.784. The third-order valence-electron chi connectivity index (χ3n) is 2.80. The summed E-state index contributed by atoms with van der Waals surface area (Å²) in [5.41, 5.74) is 1.53. The number of H-pyrrole nitrogens is 1. The van der Waals surface area contributed by atoms with Crippen LogP contribution in [0.4, 0.5) is 13.2 Å². The van der Waals surface area contributed by atoms with Crippen molar-refractivity contribution in [2.75, 3.05) is 0 Å². The Hall–Kier alpha value is -1.69. The highest BCUT2D eigenvalue weighted by Crippen LogP contribution is 2.31. The van der Waals surface area contributed by atoms with Gasteiger partial charge in [-0.2, -0.15) is 13.2 Å². The van der Waals surface area contributed by atoms with E-state index in [0.717, 1.165) is 17.8 Å². The monoisotopic (exact) mass is 284 g/mol. The molecular weight excluding hydrogens is 273 g/mol. The first-order valence-corrected chi connectivity index (χ1v) is 5.95. The number of benzene rings is 1. The van der Waals surface area contributed by atoms with Crippen molar-refractivity contribution in [3.63, 3.8) is 0 Å². The van der Waals surface area contributed by atoms with Crippen LogP contribution in [0.25, 0.3) is 11.3 Å². The van der Waals surface area contributed by atoms with Crippen LogP contribution in [0.1, 0.15) is 17.0 Å². The molecule has 0 fully saturated rings. The SMILES string of the molecule is Cc1nc(-c2cccc(C(F)(F)F)c2)c(=S)[nH]c1C. The van der Waals surface area contributed by atoms with Crippen LogP contribution in [-0.4, -0.2) is 9.97 Å². The van der Waals surface area contributed by atoms with Gasteiger partial charge in [0, 0.05) is 11.3 Å². The molecule has 0 saturated heterocycles. The maximum Gasteiger partial charge on any atom is 0.416 e. The smallest absolute Gasteiger partial charge is 0.347 e. The lowest BCUT2D eigenvalue weighted by Gasteiger charge is -2.09. The molecule has 1 heterocycles. The summed E-state index contributed by atoms with van der Waals surface area (Å²) < 4.78 is 38.4. The summed E-state index contributed by atoms with van der Waals surface area (Å²) in [5, 5.41) is 0. The average Bonchev–Trinajstić information content (AvgIpc) is 2.33. The zero-order valence-electron chi connectivity index (χ0n) is 10.3. The standard InChI is InChI=1S/C13H11F3N2S/c1-7-8(2)18-12(19)11(17-7)9-4-3-5-10(6-9)13(14,15)16/h3-6H,1-2H3,(H,18,19). The van der Waals surface area contributed by atoms with Crippen molar-refractivity contribution in [2.45, 2.75) is 20.0 Å². The second-order valence-corrected chi connectivity index (χ2v) is 4.61. The van der Waals surface area contributed by atoms with E-state index >= 15 is 0 Å². The first-order chi connectivity index (χ1) is 8.79. The average molecular weight is 284 g/mol. The molecule has 0 aliphatic rings. The van der Waals surface area contributed by atoms with Crippen LogP contribution >= 0.6 is 12.2 Å². The molecule has 19 heavy (non-hydrogen) atoms. The minimum Gasteiger partial charge on any atom is -0.347 e. The second-order valence-electron chi connectivity index (χ2n) is 4.20. The molecule has 0 unspecified atom stereocenters. The lowest BCUT2D eigenvalue weighted by atomic mass is 10.1. The molecule has 6 heteroatoms. The molecule has 0 aliphatic carbocycles. The van der Waals surface area contributed by atoms with Gasteiger partial charge in [-0.1, -0.05) is 24.4 Å². The normalized spacial score (nSPS) is 11.6. The van der Waals surface area contributed by atoms with Gasteiger partial charge in [0.05, 0.1) is 11.3 Å². The third kappa shape index (κ3) is 2.84. The number of hydrogen-bond donors (Lipinski definition) is 1. The van der Waals surface area contributed by atoms with Crippen molar-refractivity contribution >= 4 is 12.2 Å². The fraction of sp³-hybridized carbons (Fsp3) is 0.231. The molecule has 2 aromatic rings. The molecule has 0 bridgehead atoms. The molecule has 1 N–H and O–H groups in total. The predicted molar refractivity (Wildman–Crippen MR) is 69.3 cm³/mol. The van der Waals surface area contributed by atoms with Gasteiger partial charge in [0.15, 0.2) is 0 Å². The van der Waals surface area contributed by atoms with Crippen molar-refractivity contribution < 1.29 is 13.2 Å². The summed E-state index contributed by atoms with van der Waals surface area (Å²) in [7, 11) is 0. The lowest BCUT2D eigenvalue weighted by Crippen LogP contribution is -2.05. The summed E-state index contributed by atoms with van der Waals surface area (Å²) in [6.45, 7) is 3.59. The Morgan fingerprint density at radius 2 is 1.89 bits per heavy atom. The van der Waals surface area contributed by atoms with Crippen LogP contribution in [0.3, 0.4) is 0 Å². The highest BCUT2D eigenvalue weighted by molar-refractivity contribution is 7.71. The summed E-state index contributed by atoms with van der Waals surface area (Å²) >= 11 is 5.12. The molecule has 1 aromatic heterocycles. The van der Waals surface area contributed by atoms with Gasteiger partial charge in [-0.15, -0.1) is 0 Å². The summed E-state index contributed by atoms with van der Waals surface area (Å²) in [4.78, 5) is 7.20. The Morgan fingerprint density at radius 3 is 2.53 bits per heavy atom. The number of alkyl halides is 3. The van der Waals surface area contributed by atoms with Crippen molar-refractivity contribution in [3.8, 4) is 11.3 Å². The first kappa shape index (κ1) is 13.7. The maximum absolute atomic E-state index is 12.7. The minimum absolute atomic E-state index is 0.336. The van der Waals surface area contributed by atoms with E-state index in [0.29, 0.717) is 21.6 Å². The van der Waals surface area contributed by atoms with Crippen molar-refractivity contribution in [1.29, 1.82) is 0 Å². The van der Waals surface area contributed by atoms with Gasteiger partial charge in [-0.25, -0.2) is 4.98 Å². The summed E-state index contributed by atoms with van der Waals surface area (Å²) in [6.07, 6.45) is -4.37. The van der Waals surface area contributed by atoms with E-state index in [1.165, 1.54) is 6.07 Å². The molecule has 0 spiro atoms. The number of nitrogens with one attached hydrogen (secondary N) is 1. The van der Waals surface area contributed by atoms with Gasteiger partial charge in [0.25, 0.3) is 0 Å². The topological polar surface area (TPSA) is 28.7 Å². The van der Waals surface area contributed by atoms with Crippen LogP contribution in [0.2, 0.25) is 0 Å². The molecule has 0 atom stereocenters. The Morgan fingerprint density at radius 1 is 1.21 bits per heavy atom. The Kier molecular flexibility index (Phi) is 3.45. The second kappa shape index (κ2) is 4.77. The van der Waals surface area contributed by atoms with Gasteiger partial charge in [0.1, 0.15) is 10.3 Å². The highest BCUT2D eigenvalue weighted by atomic mass is 32.1. The van der Waals surface area contributed by atoms with Gasteiger partial charge in [0.2, 0.25) is 0 Å². The van der Waals surface area contributed by atoms with Gasteiger partial charge >= 0.3 is 6.18 Å². The molecular formula is C13H11F3N2S. The van der Waals surface area contributed by atoms with E-state index in [1.807, 2.05) is 6.92 Å². The Balaban J connectivity index is 2.60. The van der Waals surface area contributed by atoms with E-state index in [1.54, 1.807) is 13.0 Å². The first-order valence-electron chi connectivity index (χ1n) is 5.54. The zero-order chi connectivity index (χ0) is 14.2. The van der Waals surface area contributed by atoms with E-state index in [9.17, 15) is 13.2 Å². The van der Waals surface area contributed by atoms with E-state index in [4.69, 9.17) is 12.2 Å². The summed E-state index contributed by atoms with van der Waals surface area (Å²) in [5.74, 6) is 0. The molecule has 2 nitrogen and oxygen atoms in total. The number of aromatic amines is 1. The van der Waals surface area contributed by atoms with Gasteiger partial charge in [-0.3, -0.25) is 0 Å². The van der Waals surface area contributed by atoms with Crippen LogP contribution in [0.15, 0.2) is 24.3 Å². The molecule has 1 aromatic carbocycles. The molecule has 0 aliphatic heterocycles. The molecule has 0 amide bonds. The van der Waals surface area contributed by atoms with Crippen LogP contribution in [-0.2, 0) is 6.18 Å². The largest absolute Gasteiger partial charge is 0.416 e. The lowest BCUT2D eigenvalue weighted by molar-refractivity contribution is -0.137. The van der Waals surface area contributed by atoms with Crippen LogP contribution in [0.5, 0.6) is 0 Å². The number of nitrogens with zero attached hydrogens (tertiary/aromatic N) is 1. The number of rotatable bonds is 1. The third-order valence-corrected chi connectivity index (χ3v) is 3.10. The summed E-state index contributed by atoms with van der Waals surface area (Å²) in [6, 6.07) is 5.00. The zero-order valence-corrected chi connectivity index (χ0v) is 11.1. The van der Waals surface area contributed by atoms with E-state index < -0.39 is 11.7 Å². The highest BCUT2D eigenvalue weighted by Gasteiger charge is 2.30. The van der Waals surface area contributed by atoms with Crippen LogP contribution in [0, 0.1) is 18.5 Å². The number of hydrogen-bond acceptors (Lipinski definition) is 2. The van der Waals surface area contributed by atoms with E-state index in [2.05, 4.69) is 9.97 Å². The number of aryl methyl sites for hydroxylation is 2. The minimum atomic E-state index is -4.37. The molecule has 100 valence electrons. The van der Waals surface area contributed by atoms with Gasteiger partial charge < -0.3 is 4.98 Å². The molecule has 2 rings (SSSR count). The Bertz CT molecular complexity index is 674. The van der Waals surface area contributed by atoms with Gasteiger partial charge in [-0.05, 0) is 26.0 Å². The molecule has 0 radical (unpaired) electrons. The Labute approximate surface area is 113 Å². The van der Waals surface area contributed by atoms with Crippen LogP contribution < -0.4 is 0 Å². The fourth-order valence-electron chi connectivity index (χ4n) is 1.66. The number of halogens is 3. The number of aromatic nitrogens is 2. The van der Waals surface area contributed by atoms with Crippen molar-refractivity contribution in [2.24, 2.45) is 0 Å².